The Hall–Kier alpha value is -2.40. The lowest BCUT2D eigenvalue weighted by molar-refractivity contribution is -0.125. The lowest BCUT2D eigenvalue weighted by atomic mass is 10.0. The second-order valence-corrected chi connectivity index (χ2v) is 5.90. The highest BCUT2D eigenvalue weighted by Crippen LogP contribution is 2.18. The van der Waals surface area contributed by atoms with Crippen molar-refractivity contribution in [3.63, 3.8) is 0 Å². The first-order valence-electron chi connectivity index (χ1n) is 8.04. The number of thiocarbonyl (C=S) groups is 1. The molecule has 1 saturated heterocycles. The van der Waals surface area contributed by atoms with E-state index in [4.69, 9.17) is 12.2 Å². The summed E-state index contributed by atoms with van der Waals surface area (Å²) in [5.41, 5.74) is 2.23. The molecule has 2 N–H and O–H groups in total. The number of nitrogens with zero attached hydrogens (tertiary/aromatic N) is 1. The van der Waals surface area contributed by atoms with Crippen LogP contribution in [0.1, 0.15) is 25.8 Å². The van der Waals surface area contributed by atoms with Crippen LogP contribution in [0, 0.1) is 0 Å². The minimum atomic E-state index is -0.282. The van der Waals surface area contributed by atoms with Gasteiger partial charge in [-0.3, -0.25) is 9.69 Å². The summed E-state index contributed by atoms with van der Waals surface area (Å²) in [7, 11) is 0. The van der Waals surface area contributed by atoms with Crippen molar-refractivity contribution in [1.82, 2.24) is 15.2 Å². The van der Waals surface area contributed by atoms with Gasteiger partial charge in [0, 0.05) is 24.3 Å². The fourth-order valence-corrected chi connectivity index (χ4v) is 2.80. The predicted octanol–water partition coefficient (Wildman–Crippen LogP) is 3.91. The van der Waals surface area contributed by atoms with Gasteiger partial charge in [0.25, 0.3) is 5.91 Å². The van der Waals surface area contributed by atoms with Gasteiger partial charge < -0.3 is 10.3 Å². The molecule has 0 saturated carbocycles. The zero-order valence-corrected chi connectivity index (χ0v) is 14.9. The van der Waals surface area contributed by atoms with E-state index < -0.39 is 0 Å². The van der Waals surface area contributed by atoms with Crippen molar-refractivity contribution in [3.8, 4) is 0 Å². The minimum absolute atomic E-state index is 0.0128. The molecule has 4 nitrogen and oxygen atoms in total. The summed E-state index contributed by atoms with van der Waals surface area (Å²) < 4.78 is 0. The van der Waals surface area contributed by atoms with Gasteiger partial charge in [-0.1, -0.05) is 25.1 Å². The van der Waals surface area contributed by atoms with Crippen LogP contribution in [0.15, 0.2) is 55.4 Å². The van der Waals surface area contributed by atoms with Gasteiger partial charge in [-0.15, -0.1) is 6.58 Å². The molecule has 1 fully saturated rings. The third-order valence-electron chi connectivity index (χ3n) is 3.60. The van der Waals surface area contributed by atoms with Crippen molar-refractivity contribution < 1.29 is 4.79 Å². The van der Waals surface area contributed by atoms with Crippen LogP contribution in [0.2, 0.25) is 0 Å². The number of carbonyl (C=O) groups is 1. The predicted molar refractivity (Wildman–Crippen MR) is 104 cm³/mol. The van der Waals surface area contributed by atoms with Crippen LogP contribution in [-0.4, -0.2) is 26.9 Å². The van der Waals surface area contributed by atoms with Crippen LogP contribution in [0.5, 0.6) is 0 Å². The molecule has 1 aliphatic heterocycles. The SMILES string of the molecule is C=CC.CC/C=C/N1C(=O)C(Cc2ccc3[nH]ccc3c2)NC1=S. The van der Waals surface area contributed by atoms with Crippen molar-refractivity contribution in [3.05, 3.63) is 61.0 Å². The topological polar surface area (TPSA) is 48.1 Å². The Labute approximate surface area is 148 Å². The van der Waals surface area contributed by atoms with E-state index in [1.165, 1.54) is 4.90 Å². The number of allylic oxidation sites excluding steroid dienone is 2. The molecular formula is C19H23N3OS. The molecule has 5 heteroatoms. The van der Waals surface area contributed by atoms with Gasteiger partial charge in [0.1, 0.15) is 6.04 Å². The Kier molecular flexibility index (Phi) is 6.32. The highest BCUT2D eigenvalue weighted by Gasteiger charge is 2.33. The number of H-pyrrole nitrogens is 1. The van der Waals surface area contributed by atoms with Gasteiger partial charge in [-0.2, -0.15) is 0 Å². The number of fused-ring (bicyclic) bond motifs is 1. The largest absolute Gasteiger partial charge is 0.361 e. The van der Waals surface area contributed by atoms with Gasteiger partial charge in [0.2, 0.25) is 0 Å². The number of hydrogen-bond acceptors (Lipinski definition) is 2. The Balaban J connectivity index is 0.000000647. The highest BCUT2D eigenvalue weighted by atomic mass is 32.1. The molecule has 1 aromatic carbocycles. The van der Waals surface area contributed by atoms with Crippen LogP contribution in [0.4, 0.5) is 0 Å². The maximum atomic E-state index is 12.4. The van der Waals surface area contributed by atoms with Crippen molar-refractivity contribution in [1.29, 1.82) is 0 Å². The van der Waals surface area contributed by atoms with Crippen LogP contribution < -0.4 is 5.32 Å². The number of carbonyl (C=O) groups excluding carboxylic acids is 1. The molecule has 1 aliphatic rings. The van der Waals surface area contributed by atoms with E-state index in [1.54, 1.807) is 12.3 Å². The first-order chi connectivity index (χ1) is 11.6. The molecule has 2 heterocycles. The molecule has 0 bridgehead atoms. The molecule has 3 rings (SSSR count). The third kappa shape index (κ3) is 4.11. The van der Waals surface area contributed by atoms with E-state index >= 15 is 0 Å². The second-order valence-electron chi connectivity index (χ2n) is 5.51. The first-order valence-corrected chi connectivity index (χ1v) is 8.44. The average molecular weight is 341 g/mol. The summed E-state index contributed by atoms with van der Waals surface area (Å²) in [4.78, 5) is 17.1. The van der Waals surface area contributed by atoms with E-state index in [-0.39, 0.29) is 11.9 Å². The normalized spacial score (nSPS) is 17.1. The van der Waals surface area contributed by atoms with E-state index in [9.17, 15) is 4.79 Å². The average Bonchev–Trinajstić information content (AvgIpc) is 3.12. The molecule has 126 valence electrons. The molecule has 1 amide bonds. The summed E-state index contributed by atoms with van der Waals surface area (Å²) in [5, 5.41) is 4.74. The lowest BCUT2D eigenvalue weighted by Gasteiger charge is -2.09. The zero-order chi connectivity index (χ0) is 17.5. The number of hydrogen-bond donors (Lipinski definition) is 2. The van der Waals surface area contributed by atoms with Gasteiger partial charge in [0.15, 0.2) is 5.11 Å². The fourth-order valence-electron chi connectivity index (χ4n) is 2.50. The fraction of sp³-hybridized carbons (Fsp3) is 0.263. The Bertz CT molecular complexity index is 763. The minimum Gasteiger partial charge on any atom is -0.361 e. The van der Waals surface area contributed by atoms with Crippen molar-refractivity contribution in [2.24, 2.45) is 0 Å². The second kappa shape index (κ2) is 8.45. The number of benzene rings is 1. The zero-order valence-electron chi connectivity index (χ0n) is 14.1. The van der Waals surface area contributed by atoms with Gasteiger partial charge in [0.05, 0.1) is 0 Å². The quantitative estimate of drug-likeness (QED) is 0.655. The van der Waals surface area contributed by atoms with Gasteiger partial charge in [-0.25, -0.2) is 0 Å². The van der Waals surface area contributed by atoms with E-state index in [0.29, 0.717) is 11.5 Å². The third-order valence-corrected chi connectivity index (χ3v) is 3.91. The number of aromatic nitrogens is 1. The Morgan fingerprint density at radius 2 is 2.12 bits per heavy atom. The molecule has 2 aromatic rings. The molecule has 24 heavy (non-hydrogen) atoms. The number of amides is 1. The van der Waals surface area contributed by atoms with Gasteiger partial charge in [-0.05, 0) is 54.7 Å². The Morgan fingerprint density at radius 1 is 1.38 bits per heavy atom. The smallest absolute Gasteiger partial charge is 0.255 e. The van der Waals surface area contributed by atoms with Crippen molar-refractivity contribution in [2.75, 3.05) is 0 Å². The van der Waals surface area contributed by atoms with Crippen LogP contribution in [-0.2, 0) is 11.2 Å². The molecule has 0 radical (unpaired) electrons. The summed E-state index contributed by atoms with van der Waals surface area (Å²) in [6.45, 7) is 7.27. The van der Waals surface area contributed by atoms with Crippen LogP contribution in [0.3, 0.4) is 0 Å². The molecule has 0 aliphatic carbocycles. The molecule has 1 unspecified atom stereocenters. The molecular weight excluding hydrogens is 318 g/mol. The van der Waals surface area contributed by atoms with Crippen molar-refractivity contribution in [2.45, 2.75) is 32.7 Å². The lowest BCUT2D eigenvalue weighted by Crippen LogP contribution is -2.31. The van der Waals surface area contributed by atoms with E-state index in [0.717, 1.165) is 22.9 Å². The first kappa shape index (κ1) is 17.9. The number of rotatable bonds is 4. The standard InChI is InChI=1S/C16H17N3OS.C3H6/c1-2-3-8-19-15(20)14(18-16(19)21)10-11-4-5-13-12(9-11)6-7-17-13;1-3-2/h3-9,14,17H,2,10H2,1H3,(H,18,21);3H,1H2,2H3/b8-3+;. The number of nitrogens with one attached hydrogen (secondary N) is 2. The van der Waals surface area contributed by atoms with E-state index in [1.807, 2.05) is 44.3 Å². The molecule has 0 spiro atoms. The van der Waals surface area contributed by atoms with Gasteiger partial charge >= 0.3 is 0 Å². The summed E-state index contributed by atoms with van der Waals surface area (Å²) in [5.74, 6) is 0.0128. The van der Waals surface area contributed by atoms with E-state index in [2.05, 4.69) is 22.9 Å². The maximum Gasteiger partial charge on any atom is 0.255 e. The molecule has 1 atom stereocenters. The summed E-state index contributed by atoms with van der Waals surface area (Å²) >= 11 is 5.23. The molecule has 1 aromatic heterocycles. The van der Waals surface area contributed by atoms with Crippen LogP contribution >= 0.6 is 12.2 Å². The number of aromatic amines is 1. The summed E-state index contributed by atoms with van der Waals surface area (Å²) in [6, 6.07) is 7.94. The Morgan fingerprint density at radius 3 is 2.83 bits per heavy atom. The monoisotopic (exact) mass is 341 g/mol. The van der Waals surface area contributed by atoms with Crippen LogP contribution in [0.25, 0.3) is 10.9 Å². The summed E-state index contributed by atoms with van der Waals surface area (Å²) in [6.07, 6.45) is 8.87. The highest BCUT2D eigenvalue weighted by molar-refractivity contribution is 7.80. The van der Waals surface area contributed by atoms with Crippen molar-refractivity contribution >= 4 is 34.1 Å². The maximum absolute atomic E-state index is 12.4.